The Bertz CT molecular complexity index is 456. The molecule has 1 aliphatic carbocycles. The van der Waals surface area contributed by atoms with Crippen molar-refractivity contribution in [2.24, 2.45) is 11.3 Å². The van der Waals surface area contributed by atoms with Gasteiger partial charge in [-0.05, 0) is 11.3 Å². The smallest absolute Gasteiger partial charge is 0.273 e. The molecule has 0 unspecified atom stereocenters. The summed E-state index contributed by atoms with van der Waals surface area (Å²) >= 11 is 6.87. The van der Waals surface area contributed by atoms with E-state index in [0.29, 0.717) is 5.13 Å². The van der Waals surface area contributed by atoms with Crippen LogP contribution in [0.25, 0.3) is 0 Å². The second-order valence-electron chi connectivity index (χ2n) is 4.79. The fourth-order valence-electron chi connectivity index (χ4n) is 2.24. The van der Waals surface area contributed by atoms with Gasteiger partial charge in [-0.2, -0.15) is 0 Å². The van der Waals surface area contributed by atoms with Crippen LogP contribution in [-0.2, 0) is 0 Å². The third-order valence-corrected chi connectivity index (χ3v) is 4.30. The van der Waals surface area contributed by atoms with Gasteiger partial charge in [0.15, 0.2) is 5.13 Å². The minimum Gasteiger partial charge on any atom is -0.375 e. The topological polar surface area (TPSA) is 38.9 Å². The number of hydrogen-bond acceptors (Lipinski definition) is 3. The first-order valence-electron chi connectivity index (χ1n) is 5.20. The molecule has 2 rings (SSSR count). The Balaban J connectivity index is 2.19. The number of nitrogens with zero attached hydrogens (tertiary/aromatic N) is 1. The molecular formula is C11H13ClF2N2S. The summed E-state index contributed by atoms with van der Waals surface area (Å²) in [4.78, 5) is 4.21. The van der Waals surface area contributed by atoms with Gasteiger partial charge in [0.1, 0.15) is 0 Å². The maximum Gasteiger partial charge on any atom is 0.273 e. The molecule has 1 aromatic heterocycles. The third kappa shape index (κ3) is 2.31. The second-order valence-corrected chi connectivity index (χ2v) is 6.11. The quantitative estimate of drug-likeness (QED) is 0.912. The van der Waals surface area contributed by atoms with Gasteiger partial charge in [-0.1, -0.05) is 31.5 Å². The van der Waals surface area contributed by atoms with E-state index in [1.807, 2.05) is 19.2 Å². The molecule has 0 saturated heterocycles. The molecule has 2 nitrogen and oxygen atoms in total. The first-order valence-corrected chi connectivity index (χ1v) is 6.46. The van der Waals surface area contributed by atoms with Gasteiger partial charge in [0, 0.05) is 11.3 Å². The molecule has 0 spiro atoms. The van der Waals surface area contributed by atoms with Crippen LogP contribution in [0.1, 0.15) is 25.5 Å². The average molecular weight is 279 g/mol. The van der Waals surface area contributed by atoms with Crippen molar-refractivity contribution >= 4 is 28.1 Å². The van der Waals surface area contributed by atoms with E-state index in [9.17, 15) is 8.78 Å². The van der Waals surface area contributed by atoms with Crippen LogP contribution in [0.2, 0.25) is 0 Å². The summed E-state index contributed by atoms with van der Waals surface area (Å²) in [6.45, 7) is 4.04. The molecule has 6 heteroatoms. The number of halogens is 3. The Hall–Kier alpha value is -0.680. The highest BCUT2D eigenvalue weighted by molar-refractivity contribution is 7.13. The lowest BCUT2D eigenvalue weighted by Crippen LogP contribution is -1.92. The summed E-state index contributed by atoms with van der Waals surface area (Å²) in [5.74, 6) is 0.133. The molecule has 0 radical (unpaired) electrons. The standard InChI is InChI=1S/C11H13ClF2N2S/c1-11(2)5(3-6(12)9(13)14)8(11)7-4-17-10(15)16-7/h3-5,8-9H,1-2H3,(H2,15,16)/b6-3-/t5-,8-/m1/s1. The molecule has 1 saturated carbocycles. The van der Waals surface area contributed by atoms with Crippen molar-refractivity contribution in [3.63, 3.8) is 0 Å². The molecule has 0 aliphatic heterocycles. The van der Waals surface area contributed by atoms with E-state index >= 15 is 0 Å². The second kappa shape index (κ2) is 4.21. The van der Waals surface area contributed by atoms with E-state index in [4.69, 9.17) is 17.3 Å². The Kier molecular flexibility index (Phi) is 3.16. The molecule has 2 atom stereocenters. The highest BCUT2D eigenvalue weighted by Gasteiger charge is 2.58. The van der Waals surface area contributed by atoms with Crippen molar-refractivity contribution in [2.75, 3.05) is 5.73 Å². The van der Waals surface area contributed by atoms with Crippen molar-refractivity contribution in [1.82, 2.24) is 4.98 Å². The predicted molar refractivity (Wildman–Crippen MR) is 66.5 cm³/mol. The highest BCUT2D eigenvalue weighted by atomic mass is 35.5. The van der Waals surface area contributed by atoms with Crippen LogP contribution in [0, 0.1) is 11.3 Å². The molecular weight excluding hydrogens is 266 g/mol. The fourth-order valence-corrected chi connectivity index (χ4v) is 2.98. The zero-order valence-corrected chi connectivity index (χ0v) is 11.0. The molecule has 0 amide bonds. The first kappa shape index (κ1) is 12.8. The van der Waals surface area contributed by atoms with Gasteiger partial charge < -0.3 is 5.73 Å². The maximum absolute atomic E-state index is 12.4. The molecule has 1 fully saturated rings. The summed E-state index contributed by atoms with van der Waals surface area (Å²) < 4.78 is 24.7. The van der Waals surface area contributed by atoms with Crippen molar-refractivity contribution in [2.45, 2.75) is 26.2 Å². The van der Waals surface area contributed by atoms with Gasteiger partial charge in [0.25, 0.3) is 6.43 Å². The number of alkyl halides is 2. The summed E-state index contributed by atoms with van der Waals surface area (Å²) in [7, 11) is 0. The van der Waals surface area contributed by atoms with Crippen LogP contribution < -0.4 is 5.73 Å². The van der Waals surface area contributed by atoms with Crippen LogP contribution in [-0.4, -0.2) is 11.4 Å². The van der Waals surface area contributed by atoms with Gasteiger partial charge >= 0.3 is 0 Å². The number of thiazole rings is 1. The SMILES string of the molecule is CC1(C)[C@H](/C=C(\Cl)C(F)F)[C@@H]1c1csc(N)n1. The molecule has 94 valence electrons. The molecule has 1 aliphatic rings. The third-order valence-electron chi connectivity index (χ3n) is 3.32. The number of aromatic nitrogens is 1. The van der Waals surface area contributed by atoms with Crippen LogP contribution in [0.5, 0.6) is 0 Å². The number of nitrogens with two attached hydrogens (primary N) is 1. The minimum atomic E-state index is -2.60. The molecule has 2 N–H and O–H groups in total. The molecule has 1 aromatic rings. The lowest BCUT2D eigenvalue weighted by Gasteiger charge is -1.99. The number of hydrogen-bond donors (Lipinski definition) is 1. The Morgan fingerprint density at radius 2 is 2.29 bits per heavy atom. The number of anilines is 1. The predicted octanol–water partition coefficient (Wildman–Crippen LogP) is 3.85. The Labute approximate surface area is 107 Å². The van der Waals surface area contributed by atoms with Gasteiger partial charge in [-0.15, -0.1) is 11.3 Å². The van der Waals surface area contributed by atoms with Gasteiger partial charge in [-0.25, -0.2) is 13.8 Å². The summed E-state index contributed by atoms with van der Waals surface area (Å²) in [6.07, 6.45) is -1.15. The van der Waals surface area contributed by atoms with Gasteiger partial charge in [0.05, 0.1) is 10.7 Å². The molecule has 1 heterocycles. The van der Waals surface area contributed by atoms with E-state index < -0.39 is 6.43 Å². The highest BCUT2D eigenvalue weighted by Crippen LogP contribution is 2.65. The van der Waals surface area contributed by atoms with E-state index in [1.165, 1.54) is 17.4 Å². The van der Waals surface area contributed by atoms with Gasteiger partial charge in [0.2, 0.25) is 0 Å². The van der Waals surface area contributed by atoms with Crippen LogP contribution in [0.15, 0.2) is 16.5 Å². The number of nitrogen functional groups attached to an aromatic ring is 1. The minimum absolute atomic E-state index is 0.00509. The number of rotatable bonds is 3. The molecule has 0 aromatic carbocycles. The van der Waals surface area contributed by atoms with Crippen molar-refractivity contribution in [3.8, 4) is 0 Å². The first-order chi connectivity index (χ1) is 7.84. The van der Waals surface area contributed by atoms with Crippen LogP contribution in [0.4, 0.5) is 13.9 Å². The summed E-state index contributed by atoms with van der Waals surface area (Å²) in [5, 5.41) is 2.01. The lowest BCUT2D eigenvalue weighted by molar-refractivity contribution is 0.198. The van der Waals surface area contributed by atoms with E-state index in [2.05, 4.69) is 4.98 Å². The Morgan fingerprint density at radius 3 is 2.76 bits per heavy atom. The van der Waals surface area contributed by atoms with Gasteiger partial charge in [-0.3, -0.25) is 0 Å². The van der Waals surface area contributed by atoms with Crippen LogP contribution >= 0.6 is 22.9 Å². The number of allylic oxidation sites excluding steroid dienone is 2. The molecule has 17 heavy (non-hydrogen) atoms. The largest absolute Gasteiger partial charge is 0.375 e. The van der Waals surface area contributed by atoms with E-state index in [-0.39, 0.29) is 22.3 Å². The summed E-state index contributed by atoms with van der Waals surface area (Å²) in [6, 6.07) is 0. The fraction of sp³-hybridized carbons (Fsp3) is 0.545. The normalized spacial score (nSPS) is 27.5. The average Bonchev–Trinajstić information content (AvgIpc) is 2.58. The van der Waals surface area contributed by atoms with E-state index in [1.54, 1.807) is 0 Å². The Morgan fingerprint density at radius 1 is 1.65 bits per heavy atom. The maximum atomic E-state index is 12.4. The van der Waals surface area contributed by atoms with Crippen molar-refractivity contribution in [1.29, 1.82) is 0 Å². The summed E-state index contributed by atoms with van der Waals surface area (Å²) in [5.41, 5.74) is 6.36. The van der Waals surface area contributed by atoms with E-state index in [0.717, 1.165) is 5.69 Å². The monoisotopic (exact) mass is 278 g/mol. The van der Waals surface area contributed by atoms with Crippen molar-refractivity contribution < 1.29 is 8.78 Å². The zero-order valence-electron chi connectivity index (χ0n) is 9.45. The lowest BCUT2D eigenvalue weighted by atomic mass is 10.1. The zero-order chi connectivity index (χ0) is 12.8. The van der Waals surface area contributed by atoms with Crippen molar-refractivity contribution in [3.05, 3.63) is 22.2 Å². The van der Waals surface area contributed by atoms with Crippen LogP contribution in [0.3, 0.4) is 0 Å². The molecule has 0 bridgehead atoms.